The predicted octanol–water partition coefficient (Wildman–Crippen LogP) is 5.25. The van der Waals surface area contributed by atoms with Gasteiger partial charge in [-0.3, -0.25) is 4.79 Å². The van der Waals surface area contributed by atoms with Crippen LogP contribution in [0.1, 0.15) is 86.8 Å². The molecule has 182 valence electrons. The van der Waals surface area contributed by atoms with Gasteiger partial charge < -0.3 is 19.9 Å². The molecule has 1 N–H and O–H groups in total. The summed E-state index contributed by atoms with van der Waals surface area (Å²) in [6.07, 6.45) is 7.73. The molecule has 1 saturated heterocycles. The number of rotatable bonds is 6. The Balaban J connectivity index is 1.44. The van der Waals surface area contributed by atoms with Crippen molar-refractivity contribution in [3.05, 3.63) is 41.1 Å². The van der Waals surface area contributed by atoms with Crippen molar-refractivity contribution < 1.29 is 9.53 Å². The lowest BCUT2D eigenvalue weighted by atomic mass is 9.84. The number of ether oxygens (including phenoxy) is 1. The minimum absolute atomic E-state index is 0.00959. The van der Waals surface area contributed by atoms with E-state index >= 15 is 0 Å². The van der Waals surface area contributed by atoms with Crippen LogP contribution in [-0.4, -0.2) is 52.6 Å². The molecule has 1 aromatic heterocycles. The van der Waals surface area contributed by atoms with Crippen LogP contribution in [0.25, 0.3) is 0 Å². The Morgan fingerprint density at radius 3 is 2.59 bits per heavy atom. The van der Waals surface area contributed by atoms with Crippen LogP contribution in [-0.2, 0) is 11.3 Å². The van der Waals surface area contributed by atoms with Crippen molar-refractivity contribution in [3.8, 4) is 0 Å². The average Bonchev–Trinajstić information content (AvgIpc) is 3.22. The molecule has 0 bridgehead atoms. The van der Waals surface area contributed by atoms with Crippen molar-refractivity contribution in [1.82, 2.24) is 14.9 Å². The summed E-state index contributed by atoms with van der Waals surface area (Å²) in [4.78, 5) is 26.9. The number of nitrogens with zero attached hydrogens (tertiary/aromatic N) is 4. The standard InChI is InChI=1S/C27H37N5O2/c1-4-22-16-31(14-15-34-22)27-29-24-23(17-32(18(2)3)26(24)33)25(30-27)28-21-12-10-20(11-13-21)19-8-6-5-7-9-19/h10-13,18-19,22H,4-9,14-17H2,1-3H3,(H,28,29,30). The van der Waals surface area contributed by atoms with Crippen molar-refractivity contribution >= 4 is 23.4 Å². The third-order valence-corrected chi connectivity index (χ3v) is 7.54. The van der Waals surface area contributed by atoms with Gasteiger partial charge in [0.15, 0.2) is 0 Å². The minimum Gasteiger partial charge on any atom is -0.375 e. The number of carbonyl (C=O) groups excluding carboxylic acids is 1. The molecular weight excluding hydrogens is 426 g/mol. The highest BCUT2D eigenvalue weighted by molar-refractivity contribution is 5.98. The van der Waals surface area contributed by atoms with Crippen molar-refractivity contribution in [2.45, 2.75) is 83.9 Å². The summed E-state index contributed by atoms with van der Waals surface area (Å²) < 4.78 is 5.84. The van der Waals surface area contributed by atoms with Crippen molar-refractivity contribution in [2.75, 3.05) is 29.9 Å². The van der Waals surface area contributed by atoms with Gasteiger partial charge in [-0.15, -0.1) is 0 Å². The molecule has 0 spiro atoms. The van der Waals surface area contributed by atoms with E-state index in [0.29, 0.717) is 30.7 Å². The molecule has 7 heteroatoms. The number of nitrogens with one attached hydrogen (secondary N) is 1. The molecule has 2 aliphatic heterocycles. The molecule has 34 heavy (non-hydrogen) atoms. The summed E-state index contributed by atoms with van der Waals surface area (Å²) in [5.74, 6) is 2.02. The molecule has 3 aliphatic rings. The number of carbonyl (C=O) groups is 1. The van der Waals surface area contributed by atoms with Gasteiger partial charge in [0, 0.05) is 30.4 Å². The Kier molecular flexibility index (Phi) is 6.73. The van der Waals surface area contributed by atoms with Gasteiger partial charge in [-0.05, 0) is 56.7 Å². The molecule has 2 fully saturated rings. The Morgan fingerprint density at radius 2 is 1.88 bits per heavy atom. The maximum absolute atomic E-state index is 13.2. The number of amides is 1. The smallest absolute Gasteiger partial charge is 0.273 e. The maximum Gasteiger partial charge on any atom is 0.273 e. The summed E-state index contributed by atoms with van der Waals surface area (Å²) in [5.41, 5.74) is 3.84. The molecule has 3 heterocycles. The summed E-state index contributed by atoms with van der Waals surface area (Å²) in [6, 6.07) is 8.91. The van der Waals surface area contributed by atoms with E-state index in [4.69, 9.17) is 14.7 Å². The number of aromatic nitrogens is 2. The third-order valence-electron chi connectivity index (χ3n) is 7.54. The second kappa shape index (κ2) is 9.90. The van der Waals surface area contributed by atoms with Gasteiger partial charge in [0.05, 0.1) is 19.3 Å². The Labute approximate surface area is 202 Å². The van der Waals surface area contributed by atoms with E-state index in [9.17, 15) is 4.79 Å². The molecule has 1 atom stereocenters. The molecule has 1 saturated carbocycles. The maximum atomic E-state index is 13.2. The Morgan fingerprint density at radius 1 is 1.12 bits per heavy atom. The largest absolute Gasteiger partial charge is 0.375 e. The normalized spacial score (nSPS) is 21.3. The molecule has 5 rings (SSSR count). The van der Waals surface area contributed by atoms with Gasteiger partial charge in [0.2, 0.25) is 5.95 Å². The molecule has 7 nitrogen and oxygen atoms in total. The topological polar surface area (TPSA) is 70.6 Å². The van der Waals surface area contributed by atoms with E-state index in [2.05, 4.69) is 41.4 Å². The molecule has 1 aliphatic carbocycles. The van der Waals surface area contributed by atoms with Gasteiger partial charge in [0.25, 0.3) is 5.91 Å². The van der Waals surface area contributed by atoms with Crippen molar-refractivity contribution in [1.29, 1.82) is 0 Å². The third kappa shape index (κ3) is 4.63. The number of hydrogen-bond acceptors (Lipinski definition) is 6. The Bertz CT molecular complexity index is 1020. The lowest BCUT2D eigenvalue weighted by Crippen LogP contribution is -2.43. The van der Waals surface area contributed by atoms with Crippen LogP contribution < -0.4 is 10.2 Å². The van der Waals surface area contributed by atoms with Crippen LogP contribution in [0.4, 0.5) is 17.5 Å². The second-order valence-corrected chi connectivity index (χ2v) is 10.2. The van der Waals surface area contributed by atoms with Crippen LogP contribution >= 0.6 is 0 Å². The molecule has 1 aromatic carbocycles. The van der Waals surface area contributed by atoms with E-state index in [-0.39, 0.29) is 18.1 Å². The van der Waals surface area contributed by atoms with Gasteiger partial charge in [-0.25, -0.2) is 4.98 Å². The SMILES string of the molecule is CCC1CN(c2nc(Nc3ccc(C4CCCCC4)cc3)c3c(n2)C(=O)N(C(C)C)C3)CCO1. The number of anilines is 3. The molecule has 0 radical (unpaired) electrons. The zero-order valence-electron chi connectivity index (χ0n) is 20.7. The van der Waals surface area contributed by atoms with Crippen molar-refractivity contribution in [3.63, 3.8) is 0 Å². The number of hydrogen-bond donors (Lipinski definition) is 1. The highest BCUT2D eigenvalue weighted by atomic mass is 16.5. The second-order valence-electron chi connectivity index (χ2n) is 10.2. The van der Waals surface area contributed by atoms with Gasteiger partial charge in [0.1, 0.15) is 11.5 Å². The fraction of sp³-hybridized carbons (Fsp3) is 0.593. The molecule has 1 amide bonds. The van der Waals surface area contributed by atoms with Gasteiger partial charge in [-0.2, -0.15) is 4.98 Å². The summed E-state index contributed by atoms with van der Waals surface area (Å²) >= 11 is 0. The van der Waals surface area contributed by atoms with Crippen LogP contribution in [0.2, 0.25) is 0 Å². The lowest BCUT2D eigenvalue weighted by molar-refractivity contribution is 0.0379. The zero-order valence-corrected chi connectivity index (χ0v) is 20.7. The van der Waals surface area contributed by atoms with E-state index in [1.807, 2.05) is 18.7 Å². The average molecular weight is 464 g/mol. The molecule has 2 aromatic rings. The Hall–Kier alpha value is -2.67. The van der Waals surface area contributed by atoms with Crippen LogP contribution in [0.5, 0.6) is 0 Å². The van der Waals surface area contributed by atoms with E-state index in [1.54, 1.807) is 0 Å². The van der Waals surface area contributed by atoms with Crippen molar-refractivity contribution in [2.24, 2.45) is 0 Å². The number of fused-ring (bicyclic) bond motifs is 1. The van der Waals surface area contributed by atoms with E-state index in [0.717, 1.165) is 36.6 Å². The minimum atomic E-state index is -0.00959. The summed E-state index contributed by atoms with van der Waals surface area (Å²) in [6.45, 7) is 8.88. The van der Waals surface area contributed by atoms with E-state index < -0.39 is 0 Å². The molecular formula is C27H37N5O2. The van der Waals surface area contributed by atoms with Crippen LogP contribution in [0.15, 0.2) is 24.3 Å². The molecule has 1 unspecified atom stereocenters. The number of morpholine rings is 1. The zero-order chi connectivity index (χ0) is 23.7. The van der Waals surface area contributed by atoms with Crippen LogP contribution in [0, 0.1) is 0 Å². The van der Waals surface area contributed by atoms with Gasteiger partial charge >= 0.3 is 0 Å². The number of benzene rings is 1. The fourth-order valence-electron chi connectivity index (χ4n) is 5.40. The summed E-state index contributed by atoms with van der Waals surface area (Å²) in [7, 11) is 0. The first-order valence-electron chi connectivity index (χ1n) is 13.0. The highest BCUT2D eigenvalue weighted by Crippen LogP contribution is 2.35. The first-order chi connectivity index (χ1) is 16.5. The quantitative estimate of drug-likeness (QED) is 0.631. The first-order valence-corrected chi connectivity index (χ1v) is 13.0. The van der Waals surface area contributed by atoms with E-state index in [1.165, 1.54) is 37.7 Å². The first kappa shape index (κ1) is 23.1. The predicted molar refractivity (Wildman–Crippen MR) is 135 cm³/mol. The fourth-order valence-corrected chi connectivity index (χ4v) is 5.40. The van der Waals surface area contributed by atoms with Gasteiger partial charge in [-0.1, -0.05) is 38.3 Å². The lowest BCUT2D eigenvalue weighted by Gasteiger charge is -2.32. The van der Waals surface area contributed by atoms with Crippen LogP contribution in [0.3, 0.4) is 0 Å². The monoisotopic (exact) mass is 463 g/mol. The highest BCUT2D eigenvalue weighted by Gasteiger charge is 2.35. The summed E-state index contributed by atoms with van der Waals surface area (Å²) in [5, 5.41) is 3.53.